The topological polar surface area (TPSA) is 87.7 Å². The quantitative estimate of drug-likeness (QED) is 0.539. The molecular formula is C12H11N3O2. The summed E-state index contributed by atoms with van der Waals surface area (Å²) in [5.74, 6) is 0.0960. The Balaban J connectivity index is 2.47. The first-order valence-electron chi connectivity index (χ1n) is 4.97. The van der Waals surface area contributed by atoms with E-state index in [9.17, 15) is 9.90 Å². The molecule has 0 fully saturated rings. The van der Waals surface area contributed by atoms with Crippen LogP contribution in [0.4, 0.5) is 4.79 Å². The van der Waals surface area contributed by atoms with Gasteiger partial charge in [0.1, 0.15) is 5.75 Å². The molecule has 0 radical (unpaired) electrons. The number of phenols is 1. The van der Waals surface area contributed by atoms with Gasteiger partial charge in [0, 0.05) is 5.56 Å². The van der Waals surface area contributed by atoms with Crippen molar-refractivity contribution in [3.05, 3.63) is 42.0 Å². The number of carbonyl (C=O) groups excluding carboxylic acids is 1. The first kappa shape index (κ1) is 10.9. The maximum atomic E-state index is 10.5. The summed E-state index contributed by atoms with van der Waals surface area (Å²) in [6.45, 7) is 0. The molecule has 0 aromatic heterocycles. The zero-order valence-corrected chi connectivity index (χ0v) is 8.92. The number of nitrogens with two attached hydrogens (primary N) is 1. The molecule has 0 saturated heterocycles. The average molecular weight is 229 g/mol. The van der Waals surface area contributed by atoms with Gasteiger partial charge in [-0.15, -0.1) is 0 Å². The van der Waals surface area contributed by atoms with E-state index in [0.717, 1.165) is 10.8 Å². The molecule has 5 heteroatoms. The van der Waals surface area contributed by atoms with Crippen molar-refractivity contribution in [3.63, 3.8) is 0 Å². The van der Waals surface area contributed by atoms with Crippen LogP contribution in [0.15, 0.2) is 41.5 Å². The van der Waals surface area contributed by atoms with E-state index in [-0.39, 0.29) is 5.75 Å². The molecule has 0 spiro atoms. The summed E-state index contributed by atoms with van der Waals surface area (Å²) in [7, 11) is 0. The van der Waals surface area contributed by atoms with Crippen LogP contribution in [0.1, 0.15) is 5.56 Å². The Morgan fingerprint density at radius 1 is 1.29 bits per heavy atom. The molecular weight excluding hydrogens is 218 g/mol. The normalized spacial score (nSPS) is 10.8. The van der Waals surface area contributed by atoms with E-state index < -0.39 is 6.03 Å². The van der Waals surface area contributed by atoms with E-state index in [1.165, 1.54) is 6.21 Å². The van der Waals surface area contributed by atoms with Gasteiger partial charge < -0.3 is 10.8 Å². The van der Waals surface area contributed by atoms with Crippen molar-refractivity contribution < 1.29 is 9.90 Å². The highest BCUT2D eigenvalue weighted by molar-refractivity contribution is 6.02. The highest BCUT2D eigenvalue weighted by Gasteiger charge is 2.03. The van der Waals surface area contributed by atoms with Gasteiger partial charge >= 0.3 is 6.03 Å². The van der Waals surface area contributed by atoms with E-state index >= 15 is 0 Å². The highest BCUT2D eigenvalue weighted by atomic mass is 16.3. The summed E-state index contributed by atoms with van der Waals surface area (Å²) in [6, 6.07) is 10.2. The lowest BCUT2D eigenvalue weighted by molar-refractivity contribution is 0.249. The lowest BCUT2D eigenvalue weighted by Crippen LogP contribution is -2.24. The van der Waals surface area contributed by atoms with Crippen LogP contribution in [0.25, 0.3) is 10.8 Å². The highest BCUT2D eigenvalue weighted by Crippen LogP contribution is 2.25. The molecule has 17 heavy (non-hydrogen) atoms. The van der Waals surface area contributed by atoms with Gasteiger partial charge in [-0.2, -0.15) is 5.10 Å². The fourth-order valence-electron chi connectivity index (χ4n) is 1.58. The van der Waals surface area contributed by atoms with Gasteiger partial charge in [0.05, 0.1) is 6.21 Å². The third-order valence-electron chi connectivity index (χ3n) is 2.32. The molecule has 2 rings (SSSR count). The Kier molecular flexibility index (Phi) is 2.91. The van der Waals surface area contributed by atoms with Crippen molar-refractivity contribution in [2.24, 2.45) is 10.8 Å². The standard InChI is InChI=1S/C12H11N3O2/c13-12(17)15-14-7-10-9-4-2-1-3-8(9)5-6-11(10)16/h1-7,16H,(H3,13,15,17). The summed E-state index contributed by atoms with van der Waals surface area (Å²) < 4.78 is 0. The molecule has 5 nitrogen and oxygen atoms in total. The number of nitrogens with one attached hydrogen (secondary N) is 1. The summed E-state index contributed by atoms with van der Waals surface area (Å²) in [5.41, 5.74) is 7.50. The minimum atomic E-state index is -0.749. The molecule has 0 aliphatic heterocycles. The van der Waals surface area contributed by atoms with Gasteiger partial charge in [-0.3, -0.25) is 0 Å². The van der Waals surface area contributed by atoms with E-state index in [0.29, 0.717) is 5.56 Å². The van der Waals surface area contributed by atoms with Crippen LogP contribution in [0.2, 0.25) is 0 Å². The maximum Gasteiger partial charge on any atom is 0.332 e. The molecule has 0 unspecified atom stereocenters. The number of fused-ring (bicyclic) bond motifs is 1. The lowest BCUT2D eigenvalue weighted by Gasteiger charge is -2.04. The second-order valence-corrected chi connectivity index (χ2v) is 3.45. The fourth-order valence-corrected chi connectivity index (χ4v) is 1.58. The van der Waals surface area contributed by atoms with Crippen LogP contribution in [0.3, 0.4) is 0 Å². The second-order valence-electron chi connectivity index (χ2n) is 3.45. The number of nitrogens with zero attached hydrogens (tertiary/aromatic N) is 1. The summed E-state index contributed by atoms with van der Waals surface area (Å²) in [5, 5.41) is 15.2. The van der Waals surface area contributed by atoms with Crippen molar-refractivity contribution >= 4 is 23.0 Å². The lowest BCUT2D eigenvalue weighted by atomic mass is 10.0. The Bertz CT molecular complexity index is 593. The zero-order chi connectivity index (χ0) is 12.3. The van der Waals surface area contributed by atoms with Crippen molar-refractivity contribution in [1.29, 1.82) is 0 Å². The number of hydrogen-bond donors (Lipinski definition) is 3. The number of benzene rings is 2. The Morgan fingerprint density at radius 2 is 2.06 bits per heavy atom. The van der Waals surface area contributed by atoms with E-state index in [4.69, 9.17) is 5.73 Å². The first-order valence-corrected chi connectivity index (χ1v) is 4.97. The van der Waals surface area contributed by atoms with Crippen LogP contribution < -0.4 is 11.2 Å². The predicted octanol–water partition coefficient (Wildman–Crippen LogP) is 1.55. The van der Waals surface area contributed by atoms with Gasteiger partial charge in [0.25, 0.3) is 0 Å². The molecule has 0 heterocycles. The molecule has 86 valence electrons. The van der Waals surface area contributed by atoms with Gasteiger partial charge in [0.15, 0.2) is 0 Å². The third kappa shape index (κ3) is 2.34. The molecule has 2 aromatic carbocycles. The Hall–Kier alpha value is -2.56. The number of carbonyl (C=O) groups is 1. The largest absolute Gasteiger partial charge is 0.507 e. The summed E-state index contributed by atoms with van der Waals surface area (Å²) in [6.07, 6.45) is 1.36. The van der Waals surface area contributed by atoms with Crippen molar-refractivity contribution in [2.45, 2.75) is 0 Å². The monoisotopic (exact) mass is 229 g/mol. The Morgan fingerprint density at radius 3 is 2.82 bits per heavy atom. The number of phenolic OH excluding ortho intramolecular Hbond substituents is 1. The van der Waals surface area contributed by atoms with Crippen LogP contribution >= 0.6 is 0 Å². The number of primary amides is 1. The molecule has 2 amide bonds. The van der Waals surface area contributed by atoms with E-state index in [1.807, 2.05) is 30.3 Å². The molecule has 4 N–H and O–H groups in total. The number of rotatable bonds is 2. The van der Waals surface area contributed by atoms with Crippen LogP contribution in [0.5, 0.6) is 5.75 Å². The molecule has 0 saturated carbocycles. The fraction of sp³-hybridized carbons (Fsp3) is 0. The molecule has 0 aliphatic rings. The minimum Gasteiger partial charge on any atom is -0.507 e. The molecule has 0 atom stereocenters. The SMILES string of the molecule is NC(=O)NN=Cc1c(O)ccc2ccccc12. The van der Waals surface area contributed by atoms with E-state index in [2.05, 4.69) is 10.5 Å². The van der Waals surface area contributed by atoms with Gasteiger partial charge in [-0.1, -0.05) is 30.3 Å². The molecule has 2 aromatic rings. The van der Waals surface area contributed by atoms with E-state index in [1.54, 1.807) is 6.07 Å². The second kappa shape index (κ2) is 4.52. The summed E-state index contributed by atoms with van der Waals surface area (Å²) in [4.78, 5) is 10.5. The minimum absolute atomic E-state index is 0.0960. The smallest absolute Gasteiger partial charge is 0.332 e. The number of urea groups is 1. The van der Waals surface area contributed by atoms with Crippen LogP contribution in [-0.4, -0.2) is 17.4 Å². The average Bonchev–Trinajstić information content (AvgIpc) is 2.32. The molecule has 0 bridgehead atoms. The Labute approximate surface area is 97.6 Å². The molecule has 0 aliphatic carbocycles. The van der Waals surface area contributed by atoms with Gasteiger partial charge in [0.2, 0.25) is 0 Å². The summed E-state index contributed by atoms with van der Waals surface area (Å²) >= 11 is 0. The van der Waals surface area contributed by atoms with Gasteiger partial charge in [-0.05, 0) is 16.8 Å². The number of hydrogen-bond acceptors (Lipinski definition) is 3. The predicted molar refractivity (Wildman–Crippen MR) is 65.9 cm³/mol. The van der Waals surface area contributed by atoms with Crippen molar-refractivity contribution in [3.8, 4) is 5.75 Å². The zero-order valence-electron chi connectivity index (χ0n) is 8.92. The number of aromatic hydroxyl groups is 1. The van der Waals surface area contributed by atoms with Crippen LogP contribution in [-0.2, 0) is 0 Å². The third-order valence-corrected chi connectivity index (χ3v) is 2.32. The van der Waals surface area contributed by atoms with Crippen molar-refractivity contribution in [2.75, 3.05) is 0 Å². The number of amides is 2. The first-order chi connectivity index (χ1) is 8.18. The maximum absolute atomic E-state index is 10.5. The van der Waals surface area contributed by atoms with Crippen LogP contribution in [0, 0.1) is 0 Å². The number of hydrazone groups is 1. The van der Waals surface area contributed by atoms with Gasteiger partial charge in [-0.25, -0.2) is 10.2 Å². The van der Waals surface area contributed by atoms with Crippen molar-refractivity contribution in [1.82, 2.24) is 5.43 Å².